The number of carbonyl (C=O) groups is 2. The Bertz CT molecular complexity index is 741. The Kier molecular flexibility index (Phi) is 5.15. The van der Waals surface area contributed by atoms with Gasteiger partial charge in [-0.1, -0.05) is 24.6 Å². The molecule has 0 N–H and O–H groups in total. The number of esters is 1. The molecule has 1 heterocycles. The van der Waals surface area contributed by atoms with Crippen LogP contribution < -0.4 is 0 Å². The number of hydrogen-bond acceptors (Lipinski definition) is 5. The number of sulfonamides is 1. The zero-order valence-corrected chi connectivity index (χ0v) is 15.2. The molecule has 132 valence electrons. The highest BCUT2D eigenvalue weighted by Gasteiger charge is 2.63. The summed E-state index contributed by atoms with van der Waals surface area (Å²) in [7, 11) is -3.76. The van der Waals surface area contributed by atoms with Crippen molar-refractivity contribution in [3.63, 3.8) is 0 Å². The minimum atomic E-state index is -3.76. The molecule has 7 heteroatoms. The van der Waals surface area contributed by atoms with Crippen molar-refractivity contribution in [2.24, 2.45) is 5.92 Å². The van der Waals surface area contributed by atoms with Gasteiger partial charge >= 0.3 is 5.97 Å². The van der Waals surface area contributed by atoms with Gasteiger partial charge in [-0.25, -0.2) is 8.42 Å². The van der Waals surface area contributed by atoms with E-state index < -0.39 is 27.4 Å². The normalized spacial score (nSPS) is 24.2. The topological polar surface area (TPSA) is 80.5 Å². The van der Waals surface area contributed by atoms with E-state index in [1.807, 2.05) is 6.92 Å². The minimum absolute atomic E-state index is 0.0995. The zero-order chi connectivity index (χ0) is 18.1. The number of ether oxygens (including phenoxy) is 1. The molecule has 6 nitrogen and oxygen atoms in total. The van der Waals surface area contributed by atoms with Gasteiger partial charge < -0.3 is 4.74 Å². The Morgan fingerprint density at radius 2 is 1.88 bits per heavy atom. The highest BCUT2D eigenvalue weighted by atomic mass is 32.2. The van der Waals surface area contributed by atoms with Crippen LogP contribution in [0.1, 0.15) is 32.8 Å². The molecule has 24 heavy (non-hydrogen) atoms. The fourth-order valence-corrected chi connectivity index (χ4v) is 4.61. The fraction of sp³-hybridized carbons (Fsp3) is 0.529. The third kappa shape index (κ3) is 3.37. The number of aryl methyl sites for hydroxylation is 1. The van der Waals surface area contributed by atoms with Crippen molar-refractivity contribution in [3.8, 4) is 0 Å². The lowest BCUT2D eigenvalue weighted by Crippen LogP contribution is -2.34. The number of Topliss-reactive ketones (excluding diaryl/α,β-unsaturated/α-hetero) is 1. The van der Waals surface area contributed by atoms with Crippen LogP contribution in [0.15, 0.2) is 29.2 Å². The van der Waals surface area contributed by atoms with Crippen LogP contribution in [0, 0.1) is 12.8 Å². The van der Waals surface area contributed by atoms with Crippen LogP contribution in [0.4, 0.5) is 0 Å². The van der Waals surface area contributed by atoms with Gasteiger partial charge in [-0.2, -0.15) is 4.31 Å². The van der Waals surface area contributed by atoms with Crippen molar-refractivity contribution in [1.29, 1.82) is 0 Å². The first-order valence-electron chi connectivity index (χ1n) is 7.92. The van der Waals surface area contributed by atoms with Crippen molar-refractivity contribution in [2.75, 3.05) is 13.2 Å². The Hall–Kier alpha value is -1.73. The first-order chi connectivity index (χ1) is 11.1. The van der Waals surface area contributed by atoms with Crippen molar-refractivity contribution in [2.45, 2.75) is 44.6 Å². The molecule has 0 saturated carbocycles. The molecule has 0 spiro atoms. The van der Waals surface area contributed by atoms with Crippen LogP contribution >= 0.6 is 0 Å². The highest BCUT2D eigenvalue weighted by Crippen LogP contribution is 2.44. The fourth-order valence-electron chi connectivity index (χ4n) is 2.83. The highest BCUT2D eigenvalue weighted by molar-refractivity contribution is 7.89. The van der Waals surface area contributed by atoms with E-state index in [1.165, 1.54) is 23.4 Å². The van der Waals surface area contributed by atoms with Crippen LogP contribution in [-0.2, 0) is 24.3 Å². The molecular formula is C17H23NO5S. The first kappa shape index (κ1) is 18.6. The van der Waals surface area contributed by atoms with E-state index in [-0.39, 0.29) is 30.3 Å². The summed E-state index contributed by atoms with van der Waals surface area (Å²) in [6, 6.07) is 6.49. The van der Waals surface area contributed by atoms with Crippen LogP contribution in [0.5, 0.6) is 0 Å². The molecule has 3 atom stereocenters. The van der Waals surface area contributed by atoms with Crippen molar-refractivity contribution in [1.82, 2.24) is 4.31 Å². The van der Waals surface area contributed by atoms with Crippen molar-refractivity contribution < 1.29 is 22.7 Å². The second-order valence-electron chi connectivity index (χ2n) is 6.27. The molecule has 0 radical (unpaired) electrons. The number of carbonyl (C=O) groups excluding carboxylic acids is 2. The zero-order valence-electron chi connectivity index (χ0n) is 14.4. The molecule has 1 aromatic rings. The molecular weight excluding hydrogens is 330 g/mol. The molecule has 2 rings (SSSR count). The van der Waals surface area contributed by atoms with Crippen LogP contribution in [0.25, 0.3) is 0 Å². The Morgan fingerprint density at radius 1 is 1.29 bits per heavy atom. The monoisotopic (exact) mass is 353 g/mol. The second-order valence-corrected chi connectivity index (χ2v) is 8.13. The molecule has 0 aromatic heterocycles. The predicted molar refractivity (Wildman–Crippen MR) is 88.9 cm³/mol. The summed E-state index contributed by atoms with van der Waals surface area (Å²) < 4.78 is 31.7. The van der Waals surface area contributed by atoms with Gasteiger partial charge in [0.25, 0.3) is 0 Å². The second kappa shape index (κ2) is 6.64. The summed E-state index contributed by atoms with van der Waals surface area (Å²) >= 11 is 0. The average molecular weight is 353 g/mol. The minimum Gasteiger partial charge on any atom is -0.466 e. The van der Waals surface area contributed by atoms with Gasteiger partial charge in [0.05, 0.1) is 17.4 Å². The van der Waals surface area contributed by atoms with Gasteiger partial charge in [-0.05, 0) is 39.3 Å². The number of rotatable bonds is 7. The quantitative estimate of drug-likeness (QED) is 0.553. The number of hydrogen-bond donors (Lipinski definition) is 0. The molecule has 1 aromatic carbocycles. The Labute approximate surface area is 142 Å². The summed E-state index contributed by atoms with van der Waals surface area (Å²) in [5.74, 6) is -1.22. The molecule has 1 aliphatic heterocycles. The van der Waals surface area contributed by atoms with E-state index in [2.05, 4.69) is 0 Å². The number of benzene rings is 1. The summed E-state index contributed by atoms with van der Waals surface area (Å²) in [5.41, 5.74) is -0.191. The van der Waals surface area contributed by atoms with Crippen LogP contribution in [0.3, 0.4) is 0 Å². The van der Waals surface area contributed by atoms with E-state index >= 15 is 0 Å². The first-order valence-corrected chi connectivity index (χ1v) is 9.36. The molecule has 0 bridgehead atoms. The molecule has 1 aliphatic rings. The number of nitrogens with zero attached hydrogens (tertiary/aromatic N) is 1. The van der Waals surface area contributed by atoms with Crippen molar-refractivity contribution in [3.05, 3.63) is 29.8 Å². The molecule has 0 amide bonds. The predicted octanol–water partition coefficient (Wildman–Crippen LogP) is 1.92. The lowest BCUT2D eigenvalue weighted by molar-refractivity contribution is -0.148. The van der Waals surface area contributed by atoms with E-state index in [0.717, 1.165) is 5.56 Å². The third-order valence-corrected chi connectivity index (χ3v) is 6.30. The average Bonchev–Trinajstić information content (AvgIpc) is 3.24. The molecule has 0 aliphatic carbocycles. The Balaban J connectivity index is 2.24. The SMILES string of the molecule is CCOC(=O)[C@H](C)C[C@]1(C(C)=O)CN1S(=O)(=O)c1ccc(C)cc1. The molecule has 1 fully saturated rings. The smallest absolute Gasteiger partial charge is 0.308 e. The lowest BCUT2D eigenvalue weighted by atomic mass is 9.93. The van der Waals surface area contributed by atoms with E-state index in [4.69, 9.17) is 4.74 Å². The summed E-state index contributed by atoms with van der Waals surface area (Å²) in [4.78, 5) is 24.1. The lowest BCUT2D eigenvalue weighted by Gasteiger charge is -2.18. The van der Waals surface area contributed by atoms with Crippen LogP contribution in [-0.4, -0.2) is 43.2 Å². The molecule has 1 unspecified atom stereocenters. The van der Waals surface area contributed by atoms with E-state index in [1.54, 1.807) is 26.0 Å². The maximum Gasteiger partial charge on any atom is 0.308 e. The summed E-state index contributed by atoms with van der Waals surface area (Å²) in [5, 5.41) is 0. The van der Waals surface area contributed by atoms with Crippen molar-refractivity contribution >= 4 is 21.8 Å². The van der Waals surface area contributed by atoms with Crippen LogP contribution in [0.2, 0.25) is 0 Å². The van der Waals surface area contributed by atoms with Gasteiger partial charge in [-0.15, -0.1) is 0 Å². The van der Waals surface area contributed by atoms with E-state index in [9.17, 15) is 18.0 Å². The summed E-state index contributed by atoms with van der Waals surface area (Å²) in [6.07, 6.45) is 0.131. The maximum atomic E-state index is 12.8. The van der Waals surface area contributed by atoms with Gasteiger partial charge in [0.1, 0.15) is 5.54 Å². The molecule has 1 saturated heterocycles. The van der Waals surface area contributed by atoms with E-state index in [0.29, 0.717) is 0 Å². The number of ketones is 1. The Morgan fingerprint density at radius 3 is 2.38 bits per heavy atom. The standard InChI is InChI=1S/C17H23NO5S/c1-5-23-16(20)13(3)10-17(14(4)19)11-18(17)24(21,22)15-8-6-12(2)7-9-15/h6-9,13H,5,10-11H2,1-4H3/t13-,17-,18?/m1/s1. The maximum absolute atomic E-state index is 12.8. The van der Waals surface area contributed by atoms with Gasteiger partial charge in [-0.3, -0.25) is 9.59 Å². The van der Waals surface area contributed by atoms with Gasteiger partial charge in [0, 0.05) is 6.54 Å². The third-order valence-electron chi connectivity index (χ3n) is 4.38. The van der Waals surface area contributed by atoms with Gasteiger partial charge in [0.15, 0.2) is 5.78 Å². The van der Waals surface area contributed by atoms with Gasteiger partial charge in [0.2, 0.25) is 10.0 Å². The largest absolute Gasteiger partial charge is 0.466 e. The summed E-state index contributed by atoms with van der Waals surface area (Å²) in [6.45, 7) is 6.94.